The molecule has 1 aliphatic rings. The molecular weight excluding hydrogens is 214 g/mol. The van der Waals surface area contributed by atoms with E-state index < -0.39 is 0 Å². The summed E-state index contributed by atoms with van der Waals surface area (Å²) in [6, 6.07) is 0. The molecule has 1 fully saturated rings. The second-order valence-electron chi connectivity index (χ2n) is 4.07. The molecule has 0 heterocycles. The molecule has 4 atom stereocenters. The van der Waals surface area contributed by atoms with Crippen molar-refractivity contribution in [3.05, 3.63) is 0 Å². The second-order valence-corrected chi connectivity index (χ2v) is 4.07. The monoisotopic (exact) mass is 235 g/mol. The van der Waals surface area contributed by atoms with Gasteiger partial charge in [-0.1, -0.05) is 0 Å². The van der Waals surface area contributed by atoms with Gasteiger partial charge in [-0.05, 0) is 0 Å². The van der Waals surface area contributed by atoms with Crippen molar-refractivity contribution < 1.29 is 19.2 Å². The van der Waals surface area contributed by atoms with Crippen LogP contribution in [-0.2, 0) is 19.2 Å². The fraction of sp³-hybridized carbons (Fsp3) is 1.00. The molecule has 7 nitrogen and oxygen atoms in total. The van der Waals surface area contributed by atoms with Crippen molar-refractivity contribution in [1.29, 1.82) is 0 Å². The van der Waals surface area contributed by atoms with Crippen LogP contribution < -0.4 is 17.7 Å². The summed E-state index contributed by atoms with van der Waals surface area (Å²) < 4.78 is 5.32. The Bertz CT molecular complexity index is 148. The molecular formula is C9H21N3O4. The molecule has 0 amide bonds. The van der Waals surface area contributed by atoms with Crippen molar-refractivity contribution in [3.8, 4) is 0 Å². The Morgan fingerprint density at radius 2 is 1.00 bits per heavy atom. The average molecular weight is 235 g/mol. The minimum absolute atomic E-state index is 0.0147. The van der Waals surface area contributed by atoms with Crippen molar-refractivity contribution in [2.45, 2.75) is 50.1 Å². The first-order chi connectivity index (χ1) is 7.73. The summed E-state index contributed by atoms with van der Waals surface area (Å²) in [5.74, 6) is 15.6. The number of hydrogen-bond acceptors (Lipinski definition) is 7. The van der Waals surface area contributed by atoms with Crippen molar-refractivity contribution in [3.63, 3.8) is 0 Å². The summed E-state index contributed by atoms with van der Waals surface area (Å²) in [7, 11) is 1.64. The Morgan fingerprint density at radius 3 is 1.25 bits per heavy atom. The minimum atomic E-state index is -0.167. The Labute approximate surface area is 95.0 Å². The van der Waals surface area contributed by atoms with E-state index in [2.05, 4.69) is 0 Å². The summed E-state index contributed by atoms with van der Waals surface area (Å²) >= 11 is 0. The normalized spacial score (nSPS) is 36.8. The molecule has 0 aliphatic heterocycles. The number of rotatable bonds is 4. The van der Waals surface area contributed by atoms with E-state index in [4.69, 9.17) is 36.9 Å². The highest BCUT2D eigenvalue weighted by Crippen LogP contribution is 2.24. The van der Waals surface area contributed by atoms with Gasteiger partial charge in [0.05, 0.1) is 24.4 Å². The number of nitrogens with two attached hydrogens (primary N) is 3. The number of ether oxygens (including phenoxy) is 1. The fourth-order valence-corrected chi connectivity index (χ4v) is 2.08. The van der Waals surface area contributed by atoms with Gasteiger partial charge < -0.3 is 19.2 Å². The molecule has 0 radical (unpaired) electrons. The molecule has 0 aromatic rings. The Hall–Kier alpha value is -0.280. The van der Waals surface area contributed by atoms with E-state index >= 15 is 0 Å². The van der Waals surface area contributed by atoms with Crippen LogP contribution in [0.15, 0.2) is 0 Å². The van der Waals surface area contributed by atoms with E-state index in [1.165, 1.54) is 0 Å². The Kier molecular flexibility index (Phi) is 6.14. The molecule has 16 heavy (non-hydrogen) atoms. The maximum atomic E-state index is 5.32. The largest absolute Gasteiger partial charge is 0.381 e. The average Bonchev–Trinajstić information content (AvgIpc) is 2.29. The van der Waals surface area contributed by atoms with Gasteiger partial charge in [0.25, 0.3) is 0 Å². The first-order valence-corrected chi connectivity index (χ1v) is 5.32. The molecule has 0 aromatic carbocycles. The molecule has 0 unspecified atom stereocenters. The number of hydrogen-bond donors (Lipinski definition) is 3. The van der Waals surface area contributed by atoms with E-state index in [1.807, 2.05) is 0 Å². The molecule has 0 saturated heterocycles. The Balaban J connectivity index is 2.61. The lowest BCUT2D eigenvalue weighted by Crippen LogP contribution is -2.39. The van der Waals surface area contributed by atoms with Gasteiger partial charge in [-0.25, -0.2) is 17.7 Å². The van der Waals surface area contributed by atoms with Gasteiger partial charge in [0, 0.05) is 32.8 Å². The van der Waals surface area contributed by atoms with Crippen molar-refractivity contribution in [1.82, 2.24) is 0 Å². The highest BCUT2D eigenvalue weighted by atomic mass is 16.6. The standard InChI is InChI=1S/C9H21N3O4/c1-13-6-2-7(14-10)4-9(16-12)5-8(3-6)15-11/h6-9H,2-5,10-12H2,1H3/t6-,7+,8-,9+. The minimum Gasteiger partial charge on any atom is -0.381 e. The van der Waals surface area contributed by atoms with Crippen LogP contribution in [0.2, 0.25) is 0 Å². The second kappa shape index (κ2) is 7.13. The lowest BCUT2D eigenvalue weighted by molar-refractivity contribution is -0.0966. The molecule has 96 valence electrons. The van der Waals surface area contributed by atoms with Gasteiger partial charge in [-0.3, -0.25) is 0 Å². The van der Waals surface area contributed by atoms with Crippen LogP contribution >= 0.6 is 0 Å². The maximum Gasteiger partial charge on any atom is 0.0838 e. The third-order valence-electron chi connectivity index (χ3n) is 3.01. The van der Waals surface area contributed by atoms with Crippen LogP contribution in [0.4, 0.5) is 0 Å². The lowest BCUT2D eigenvalue weighted by atomic mass is 9.92. The zero-order valence-corrected chi connectivity index (χ0v) is 9.50. The predicted molar refractivity (Wildman–Crippen MR) is 56.4 cm³/mol. The van der Waals surface area contributed by atoms with Crippen LogP contribution in [0.5, 0.6) is 0 Å². The zero-order chi connectivity index (χ0) is 12.0. The van der Waals surface area contributed by atoms with E-state index in [0.29, 0.717) is 25.7 Å². The Morgan fingerprint density at radius 1 is 0.688 bits per heavy atom. The van der Waals surface area contributed by atoms with Gasteiger partial charge in [-0.15, -0.1) is 0 Å². The number of methoxy groups -OCH3 is 1. The fourth-order valence-electron chi connectivity index (χ4n) is 2.08. The van der Waals surface area contributed by atoms with Crippen LogP contribution in [0.3, 0.4) is 0 Å². The molecule has 1 saturated carbocycles. The summed E-state index contributed by atoms with van der Waals surface area (Å²) in [6.45, 7) is 0. The SMILES string of the molecule is CO[C@H]1C[C@@H](ON)C[C@@H](ON)C[C@@H](ON)C1. The lowest BCUT2D eigenvalue weighted by Gasteiger charge is -2.31. The van der Waals surface area contributed by atoms with Crippen molar-refractivity contribution in [2.24, 2.45) is 17.7 Å². The van der Waals surface area contributed by atoms with Crippen LogP contribution in [-0.4, -0.2) is 31.5 Å². The first kappa shape index (κ1) is 13.8. The van der Waals surface area contributed by atoms with E-state index in [1.54, 1.807) is 7.11 Å². The van der Waals surface area contributed by atoms with Gasteiger partial charge in [0.15, 0.2) is 0 Å². The first-order valence-electron chi connectivity index (χ1n) is 5.32. The van der Waals surface area contributed by atoms with Crippen LogP contribution in [0.1, 0.15) is 25.7 Å². The molecule has 1 rings (SSSR count). The third kappa shape index (κ3) is 3.95. The highest BCUT2D eigenvalue weighted by molar-refractivity contribution is 4.80. The van der Waals surface area contributed by atoms with Crippen LogP contribution in [0.25, 0.3) is 0 Å². The molecule has 0 spiro atoms. The molecule has 6 N–H and O–H groups in total. The summed E-state index contributed by atoms with van der Waals surface area (Å²) in [5, 5.41) is 0. The van der Waals surface area contributed by atoms with E-state index in [9.17, 15) is 0 Å². The van der Waals surface area contributed by atoms with Crippen molar-refractivity contribution in [2.75, 3.05) is 7.11 Å². The topological polar surface area (TPSA) is 115 Å². The van der Waals surface area contributed by atoms with E-state index in [0.717, 1.165) is 0 Å². The van der Waals surface area contributed by atoms with Gasteiger partial charge in [-0.2, -0.15) is 0 Å². The van der Waals surface area contributed by atoms with Gasteiger partial charge >= 0.3 is 0 Å². The third-order valence-corrected chi connectivity index (χ3v) is 3.01. The summed E-state index contributed by atoms with van der Waals surface area (Å²) in [6.07, 6.45) is 2.15. The quantitative estimate of drug-likeness (QED) is 0.555. The van der Waals surface area contributed by atoms with Gasteiger partial charge in [0.1, 0.15) is 0 Å². The predicted octanol–water partition coefficient (Wildman–Crippen LogP) is -0.648. The maximum absolute atomic E-state index is 5.32. The molecule has 1 aliphatic carbocycles. The zero-order valence-electron chi connectivity index (χ0n) is 9.50. The summed E-state index contributed by atoms with van der Waals surface area (Å²) in [5.41, 5.74) is 0. The highest BCUT2D eigenvalue weighted by Gasteiger charge is 2.30. The van der Waals surface area contributed by atoms with E-state index in [-0.39, 0.29) is 24.4 Å². The molecule has 7 heteroatoms. The smallest absolute Gasteiger partial charge is 0.0838 e. The van der Waals surface area contributed by atoms with Gasteiger partial charge in [0.2, 0.25) is 0 Å². The van der Waals surface area contributed by atoms with Crippen LogP contribution in [0, 0.1) is 0 Å². The molecule has 0 aromatic heterocycles. The summed E-state index contributed by atoms with van der Waals surface area (Å²) in [4.78, 5) is 14.6. The molecule has 0 bridgehead atoms. The van der Waals surface area contributed by atoms with Crippen molar-refractivity contribution >= 4 is 0 Å².